The Bertz CT molecular complexity index is 652. The molecule has 2 heterocycles. The molecule has 24 heavy (non-hydrogen) atoms. The summed E-state index contributed by atoms with van der Waals surface area (Å²) in [5, 5.41) is 12.2. The molecular formula is C17H27N6O+. The van der Waals surface area contributed by atoms with Crippen molar-refractivity contribution in [3.63, 3.8) is 0 Å². The molecule has 1 aromatic carbocycles. The second-order valence-corrected chi connectivity index (χ2v) is 7.29. The molecule has 1 fully saturated rings. The lowest BCUT2D eigenvalue weighted by Gasteiger charge is -2.33. The summed E-state index contributed by atoms with van der Waals surface area (Å²) in [7, 11) is 1.70. The van der Waals surface area contributed by atoms with Crippen molar-refractivity contribution in [3.05, 3.63) is 30.1 Å². The van der Waals surface area contributed by atoms with Crippen LogP contribution in [0.3, 0.4) is 0 Å². The van der Waals surface area contributed by atoms with Gasteiger partial charge in [-0.1, -0.05) is 0 Å². The van der Waals surface area contributed by atoms with Crippen molar-refractivity contribution < 1.29 is 9.64 Å². The Balaban J connectivity index is 1.58. The fourth-order valence-corrected chi connectivity index (χ4v) is 3.11. The Morgan fingerprint density at radius 1 is 1.12 bits per heavy atom. The number of tetrazole rings is 1. The highest BCUT2D eigenvalue weighted by Crippen LogP contribution is 2.19. The van der Waals surface area contributed by atoms with E-state index in [0.29, 0.717) is 0 Å². The quantitative estimate of drug-likeness (QED) is 0.876. The van der Waals surface area contributed by atoms with Crippen molar-refractivity contribution in [2.24, 2.45) is 0 Å². The molecule has 1 aromatic heterocycles. The molecule has 130 valence electrons. The molecule has 0 aliphatic carbocycles. The Morgan fingerprint density at radius 2 is 1.79 bits per heavy atom. The average Bonchev–Trinajstić information content (AvgIpc) is 3.04. The molecule has 2 aromatic rings. The standard InChI is InChI=1S/C17H26N6O/c1-17(2,3)23-16(18-19-20-23)13-21-9-11-22(12-10-21)14-5-7-15(24-4)8-6-14/h5-8H,9-13H2,1-4H3/p+1. The second-order valence-electron chi connectivity index (χ2n) is 7.29. The van der Waals surface area contributed by atoms with Crippen molar-refractivity contribution in [1.29, 1.82) is 0 Å². The van der Waals surface area contributed by atoms with E-state index in [0.717, 1.165) is 44.3 Å². The van der Waals surface area contributed by atoms with Crippen molar-refractivity contribution >= 4 is 5.69 Å². The van der Waals surface area contributed by atoms with Gasteiger partial charge in [-0.25, -0.2) is 4.68 Å². The van der Waals surface area contributed by atoms with E-state index >= 15 is 0 Å². The zero-order valence-electron chi connectivity index (χ0n) is 15.0. The zero-order valence-corrected chi connectivity index (χ0v) is 15.0. The topological polar surface area (TPSA) is 60.5 Å². The number of rotatable bonds is 4. The predicted molar refractivity (Wildman–Crippen MR) is 92.4 cm³/mol. The van der Waals surface area contributed by atoms with Crippen LogP contribution >= 0.6 is 0 Å². The average molecular weight is 331 g/mol. The molecule has 1 aliphatic rings. The van der Waals surface area contributed by atoms with Crippen molar-refractivity contribution in [1.82, 2.24) is 20.2 Å². The number of ether oxygens (including phenoxy) is 1. The second kappa shape index (κ2) is 6.76. The number of anilines is 1. The third-order valence-electron chi connectivity index (χ3n) is 4.49. The van der Waals surface area contributed by atoms with Gasteiger partial charge in [0.25, 0.3) is 0 Å². The molecule has 0 unspecified atom stereocenters. The molecule has 0 saturated carbocycles. The summed E-state index contributed by atoms with van der Waals surface area (Å²) in [5.41, 5.74) is 1.18. The van der Waals surface area contributed by atoms with Crippen LogP contribution in [0.2, 0.25) is 0 Å². The molecule has 0 amide bonds. The van der Waals surface area contributed by atoms with Crippen LogP contribution in [0.4, 0.5) is 5.69 Å². The monoisotopic (exact) mass is 331 g/mol. The molecule has 0 atom stereocenters. The van der Waals surface area contributed by atoms with Gasteiger partial charge in [-0.3, -0.25) is 0 Å². The number of nitrogens with one attached hydrogen (secondary N) is 1. The van der Waals surface area contributed by atoms with Crippen LogP contribution in [0, 0.1) is 0 Å². The molecule has 0 spiro atoms. The summed E-state index contributed by atoms with van der Waals surface area (Å²) in [4.78, 5) is 3.95. The van der Waals surface area contributed by atoms with E-state index in [-0.39, 0.29) is 5.54 Å². The van der Waals surface area contributed by atoms with E-state index < -0.39 is 0 Å². The van der Waals surface area contributed by atoms with Crippen LogP contribution in [0.25, 0.3) is 0 Å². The summed E-state index contributed by atoms with van der Waals surface area (Å²) in [6.45, 7) is 11.5. The Hall–Kier alpha value is -2.15. The minimum atomic E-state index is -0.0802. The Morgan fingerprint density at radius 3 is 2.38 bits per heavy atom. The maximum Gasteiger partial charge on any atom is 0.206 e. The number of methoxy groups -OCH3 is 1. The maximum absolute atomic E-state index is 5.23. The third-order valence-corrected chi connectivity index (χ3v) is 4.49. The van der Waals surface area contributed by atoms with Gasteiger partial charge in [0.15, 0.2) is 0 Å². The highest BCUT2D eigenvalue weighted by molar-refractivity contribution is 5.49. The molecule has 1 aliphatic heterocycles. The first kappa shape index (κ1) is 16.7. The van der Waals surface area contributed by atoms with Crippen LogP contribution in [0.1, 0.15) is 26.6 Å². The van der Waals surface area contributed by atoms with Crippen molar-refractivity contribution in [2.75, 3.05) is 38.2 Å². The van der Waals surface area contributed by atoms with Gasteiger partial charge in [0.1, 0.15) is 12.3 Å². The lowest BCUT2D eigenvalue weighted by Crippen LogP contribution is -3.13. The Labute approximate surface area is 143 Å². The van der Waals surface area contributed by atoms with E-state index in [1.165, 1.54) is 10.6 Å². The summed E-state index contributed by atoms with van der Waals surface area (Å²) < 4.78 is 7.17. The van der Waals surface area contributed by atoms with Gasteiger partial charge in [0, 0.05) is 5.69 Å². The molecule has 0 bridgehead atoms. The van der Waals surface area contributed by atoms with Crippen LogP contribution in [0.5, 0.6) is 5.75 Å². The summed E-state index contributed by atoms with van der Waals surface area (Å²) in [6, 6.07) is 8.30. The van der Waals surface area contributed by atoms with Gasteiger partial charge in [0.05, 0.1) is 38.8 Å². The van der Waals surface area contributed by atoms with E-state index in [2.05, 4.69) is 53.3 Å². The molecule has 1 saturated heterocycles. The van der Waals surface area contributed by atoms with Gasteiger partial charge >= 0.3 is 0 Å². The number of nitrogens with zero attached hydrogens (tertiary/aromatic N) is 5. The lowest BCUT2D eigenvalue weighted by molar-refractivity contribution is -0.915. The highest BCUT2D eigenvalue weighted by Gasteiger charge is 2.25. The van der Waals surface area contributed by atoms with E-state index in [1.54, 1.807) is 7.11 Å². The fourth-order valence-electron chi connectivity index (χ4n) is 3.11. The van der Waals surface area contributed by atoms with Crippen LogP contribution in [0.15, 0.2) is 24.3 Å². The van der Waals surface area contributed by atoms with E-state index in [1.807, 2.05) is 16.8 Å². The minimum absolute atomic E-state index is 0.0802. The smallest absolute Gasteiger partial charge is 0.206 e. The van der Waals surface area contributed by atoms with E-state index in [9.17, 15) is 0 Å². The van der Waals surface area contributed by atoms with Gasteiger partial charge in [-0.05, 0) is 55.5 Å². The summed E-state index contributed by atoms with van der Waals surface area (Å²) in [6.07, 6.45) is 0. The molecule has 7 nitrogen and oxygen atoms in total. The molecule has 3 rings (SSSR count). The largest absolute Gasteiger partial charge is 0.497 e. The molecule has 1 N–H and O–H groups in total. The van der Waals surface area contributed by atoms with E-state index in [4.69, 9.17) is 4.74 Å². The summed E-state index contributed by atoms with van der Waals surface area (Å²) in [5.74, 6) is 1.87. The lowest BCUT2D eigenvalue weighted by atomic mass is 10.1. The number of benzene rings is 1. The first-order valence-corrected chi connectivity index (χ1v) is 8.47. The number of hydrogen-bond donors (Lipinski definition) is 1. The number of hydrogen-bond acceptors (Lipinski definition) is 5. The first-order valence-electron chi connectivity index (χ1n) is 8.47. The molecule has 0 radical (unpaired) electrons. The maximum atomic E-state index is 5.23. The predicted octanol–water partition coefficient (Wildman–Crippen LogP) is 0.342. The SMILES string of the molecule is COc1ccc(N2CC[NH+](Cc3nnnn3C(C)(C)C)CC2)cc1. The number of quaternary nitrogens is 1. The zero-order chi connectivity index (χ0) is 17.2. The Kier molecular flexibility index (Phi) is 4.71. The first-order chi connectivity index (χ1) is 11.5. The van der Waals surface area contributed by atoms with Crippen molar-refractivity contribution in [2.45, 2.75) is 32.9 Å². The van der Waals surface area contributed by atoms with Crippen LogP contribution < -0.4 is 14.5 Å². The minimum Gasteiger partial charge on any atom is -0.497 e. The highest BCUT2D eigenvalue weighted by atomic mass is 16.5. The number of piperazine rings is 1. The van der Waals surface area contributed by atoms with Crippen LogP contribution in [-0.2, 0) is 12.1 Å². The number of aromatic nitrogens is 4. The summed E-state index contributed by atoms with van der Waals surface area (Å²) >= 11 is 0. The van der Waals surface area contributed by atoms with Crippen LogP contribution in [-0.4, -0.2) is 53.5 Å². The molecular weight excluding hydrogens is 304 g/mol. The van der Waals surface area contributed by atoms with Gasteiger partial charge in [0.2, 0.25) is 5.82 Å². The van der Waals surface area contributed by atoms with Gasteiger partial charge in [-0.2, -0.15) is 0 Å². The van der Waals surface area contributed by atoms with Crippen molar-refractivity contribution in [3.8, 4) is 5.75 Å². The van der Waals surface area contributed by atoms with Gasteiger partial charge < -0.3 is 14.5 Å². The van der Waals surface area contributed by atoms with Gasteiger partial charge in [-0.15, -0.1) is 5.10 Å². The normalized spacial score (nSPS) is 16.4. The fraction of sp³-hybridized carbons (Fsp3) is 0.588. The molecule has 7 heteroatoms. The third kappa shape index (κ3) is 3.67.